The Kier molecular flexibility index (Phi) is 6.96. The lowest BCUT2D eigenvalue weighted by Gasteiger charge is -2.08. The molecule has 8 heteroatoms. The first kappa shape index (κ1) is 19.7. The van der Waals surface area contributed by atoms with Crippen LogP contribution < -0.4 is 10.7 Å². The molecule has 0 saturated heterocycles. The molecule has 0 saturated carbocycles. The van der Waals surface area contributed by atoms with Crippen molar-refractivity contribution in [2.75, 3.05) is 5.32 Å². The molecule has 0 unspecified atom stereocenters. The van der Waals surface area contributed by atoms with E-state index in [1.165, 1.54) is 24.4 Å². The lowest BCUT2D eigenvalue weighted by Crippen LogP contribution is -2.20. The molecule has 2 rings (SSSR count). The summed E-state index contributed by atoms with van der Waals surface area (Å²) in [5, 5.41) is 25.3. The Morgan fingerprint density at radius 2 is 1.85 bits per heavy atom. The molecule has 0 atom stereocenters. The van der Waals surface area contributed by atoms with Crippen LogP contribution in [0.2, 0.25) is 0 Å². The fourth-order valence-corrected chi connectivity index (χ4v) is 2.72. The van der Waals surface area contributed by atoms with Crippen molar-refractivity contribution in [3.05, 3.63) is 51.1 Å². The van der Waals surface area contributed by atoms with Gasteiger partial charge in [0.1, 0.15) is 11.5 Å². The molecule has 0 heterocycles. The summed E-state index contributed by atoms with van der Waals surface area (Å²) in [5.41, 5.74) is 4.30. The number of phenols is 2. The molecule has 2 aromatic rings. The molecule has 136 valence electrons. The minimum Gasteiger partial charge on any atom is -0.508 e. The topological polar surface area (TPSA) is 111 Å². The first-order valence-corrected chi connectivity index (χ1v) is 8.83. The van der Waals surface area contributed by atoms with Crippen molar-refractivity contribution in [2.45, 2.75) is 19.8 Å². The van der Waals surface area contributed by atoms with Crippen LogP contribution in [0, 0.1) is 10.5 Å². The monoisotopic (exact) mass is 467 g/mol. The number of hydrazone groups is 1. The summed E-state index contributed by atoms with van der Waals surface area (Å²) < 4.78 is 1.08. The predicted octanol–water partition coefficient (Wildman–Crippen LogP) is 2.88. The highest BCUT2D eigenvalue weighted by atomic mass is 127. The van der Waals surface area contributed by atoms with Crippen molar-refractivity contribution >= 4 is 46.3 Å². The number of carbonyl (C=O) groups is 2. The summed E-state index contributed by atoms with van der Waals surface area (Å²) in [6.07, 6.45) is 1.26. The SMILES string of the molecule is Cc1cc(I)ccc1NC(=O)CCC(=O)N/N=C\c1ccc(O)cc1O. The summed E-state index contributed by atoms with van der Waals surface area (Å²) in [7, 11) is 0. The first-order valence-electron chi connectivity index (χ1n) is 7.75. The normalized spacial score (nSPS) is 10.7. The number of anilines is 1. The minimum atomic E-state index is -0.422. The number of aromatic hydroxyl groups is 2. The number of hydrogen-bond acceptors (Lipinski definition) is 5. The van der Waals surface area contributed by atoms with Crippen LogP contribution in [0.5, 0.6) is 11.5 Å². The van der Waals surface area contributed by atoms with Gasteiger partial charge in [0.05, 0.1) is 6.21 Å². The zero-order valence-electron chi connectivity index (χ0n) is 14.0. The van der Waals surface area contributed by atoms with Crippen LogP contribution in [0.1, 0.15) is 24.0 Å². The molecule has 0 radical (unpaired) electrons. The molecule has 0 bridgehead atoms. The van der Waals surface area contributed by atoms with Gasteiger partial charge in [-0.1, -0.05) is 0 Å². The smallest absolute Gasteiger partial charge is 0.240 e. The molecule has 0 aliphatic heterocycles. The molecular weight excluding hydrogens is 449 g/mol. The number of benzene rings is 2. The Hall–Kier alpha value is -2.62. The number of phenolic OH excluding ortho intramolecular Hbond substituents is 2. The largest absolute Gasteiger partial charge is 0.508 e. The zero-order chi connectivity index (χ0) is 19.1. The van der Waals surface area contributed by atoms with Crippen molar-refractivity contribution < 1.29 is 19.8 Å². The summed E-state index contributed by atoms with van der Waals surface area (Å²) >= 11 is 2.19. The summed E-state index contributed by atoms with van der Waals surface area (Å²) in [6.45, 7) is 1.90. The molecule has 0 aliphatic rings. The maximum atomic E-state index is 11.9. The molecule has 4 N–H and O–H groups in total. The van der Waals surface area contributed by atoms with E-state index in [9.17, 15) is 19.8 Å². The third-order valence-corrected chi connectivity index (χ3v) is 4.12. The molecule has 0 spiro atoms. The van der Waals surface area contributed by atoms with Gasteiger partial charge in [0.2, 0.25) is 11.8 Å². The van der Waals surface area contributed by atoms with E-state index in [-0.39, 0.29) is 30.2 Å². The van der Waals surface area contributed by atoms with E-state index in [0.717, 1.165) is 14.8 Å². The van der Waals surface area contributed by atoms with Crippen molar-refractivity contribution in [1.29, 1.82) is 0 Å². The second-order valence-corrected chi connectivity index (χ2v) is 6.79. The van der Waals surface area contributed by atoms with Gasteiger partial charge >= 0.3 is 0 Å². The molecule has 0 aliphatic carbocycles. The van der Waals surface area contributed by atoms with Gasteiger partial charge < -0.3 is 15.5 Å². The van der Waals surface area contributed by atoms with E-state index < -0.39 is 5.91 Å². The van der Waals surface area contributed by atoms with Crippen LogP contribution in [0.15, 0.2) is 41.5 Å². The number of aryl methyl sites for hydroxylation is 1. The molecule has 0 fully saturated rings. The second kappa shape index (κ2) is 9.18. The third-order valence-electron chi connectivity index (χ3n) is 3.45. The second-order valence-electron chi connectivity index (χ2n) is 5.54. The van der Waals surface area contributed by atoms with Gasteiger partial charge in [-0.15, -0.1) is 0 Å². The lowest BCUT2D eigenvalue weighted by atomic mass is 10.2. The summed E-state index contributed by atoms with van der Waals surface area (Å²) in [4.78, 5) is 23.7. The Morgan fingerprint density at radius 1 is 1.12 bits per heavy atom. The van der Waals surface area contributed by atoms with Crippen LogP contribution in [0.4, 0.5) is 5.69 Å². The van der Waals surface area contributed by atoms with Gasteiger partial charge in [-0.3, -0.25) is 9.59 Å². The van der Waals surface area contributed by atoms with E-state index >= 15 is 0 Å². The first-order chi connectivity index (χ1) is 12.3. The molecule has 2 amide bonds. The van der Waals surface area contributed by atoms with E-state index in [1.54, 1.807) is 0 Å². The van der Waals surface area contributed by atoms with Crippen LogP contribution >= 0.6 is 22.6 Å². The van der Waals surface area contributed by atoms with Gasteiger partial charge in [0.15, 0.2) is 0 Å². The summed E-state index contributed by atoms with van der Waals surface area (Å²) in [6, 6.07) is 9.68. The lowest BCUT2D eigenvalue weighted by molar-refractivity contribution is -0.124. The fourth-order valence-electron chi connectivity index (χ4n) is 2.08. The van der Waals surface area contributed by atoms with Gasteiger partial charge in [-0.2, -0.15) is 5.10 Å². The Morgan fingerprint density at radius 3 is 2.54 bits per heavy atom. The van der Waals surface area contributed by atoms with E-state index in [0.29, 0.717) is 5.56 Å². The Labute approximate surface area is 164 Å². The minimum absolute atomic E-state index is 0.0197. The Bertz CT molecular complexity index is 852. The van der Waals surface area contributed by atoms with E-state index in [4.69, 9.17) is 0 Å². The number of rotatable bonds is 6. The number of halogens is 1. The molecular formula is C18H18IN3O4. The standard InChI is InChI=1S/C18H18IN3O4/c1-11-8-13(19)3-5-15(11)21-17(25)6-7-18(26)22-20-10-12-2-4-14(23)9-16(12)24/h2-5,8-10,23-24H,6-7H2,1H3,(H,21,25)(H,22,26)/b20-10-. The van der Waals surface area contributed by atoms with Crippen LogP contribution in [0.3, 0.4) is 0 Å². The average Bonchev–Trinajstić information content (AvgIpc) is 2.57. The molecule has 26 heavy (non-hydrogen) atoms. The average molecular weight is 467 g/mol. The molecule has 7 nitrogen and oxygen atoms in total. The van der Waals surface area contributed by atoms with Crippen LogP contribution in [-0.4, -0.2) is 28.2 Å². The number of nitrogens with one attached hydrogen (secondary N) is 2. The highest BCUT2D eigenvalue weighted by molar-refractivity contribution is 14.1. The molecule has 0 aromatic heterocycles. The highest BCUT2D eigenvalue weighted by Gasteiger charge is 2.08. The van der Waals surface area contributed by atoms with E-state index in [1.807, 2.05) is 25.1 Å². The number of nitrogens with zero attached hydrogens (tertiary/aromatic N) is 1. The van der Waals surface area contributed by atoms with Gasteiger partial charge in [0.25, 0.3) is 0 Å². The van der Waals surface area contributed by atoms with Gasteiger partial charge in [-0.05, 0) is 65.4 Å². The fraction of sp³-hybridized carbons (Fsp3) is 0.167. The van der Waals surface area contributed by atoms with Crippen molar-refractivity contribution in [2.24, 2.45) is 5.10 Å². The molecule has 2 aromatic carbocycles. The van der Waals surface area contributed by atoms with Crippen LogP contribution in [-0.2, 0) is 9.59 Å². The quantitative estimate of drug-likeness (QED) is 0.298. The highest BCUT2D eigenvalue weighted by Crippen LogP contribution is 2.20. The number of amides is 2. The van der Waals surface area contributed by atoms with Crippen molar-refractivity contribution in [3.63, 3.8) is 0 Å². The van der Waals surface area contributed by atoms with E-state index in [2.05, 4.69) is 38.4 Å². The van der Waals surface area contributed by atoms with Crippen LogP contribution in [0.25, 0.3) is 0 Å². The predicted molar refractivity (Wildman–Crippen MR) is 107 cm³/mol. The summed E-state index contributed by atoms with van der Waals surface area (Å²) in [5.74, 6) is -0.910. The number of hydrogen-bond donors (Lipinski definition) is 4. The Balaban J connectivity index is 1.79. The number of carbonyl (C=O) groups excluding carboxylic acids is 2. The van der Waals surface area contributed by atoms with Crippen molar-refractivity contribution in [3.8, 4) is 11.5 Å². The zero-order valence-corrected chi connectivity index (χ0v) is 16.1. The maximum Gasteiger partial charge on any atom is 0.240 e. The maximum absolute atomic E-state index is 11.9. The van der Waals surface area contributed by atoms with Gasteiger partial charge in [-0.25, -0.2) is 5.43 Å². The van der Waals surface area contributed by atoms with Crippen molar-refractivity contribution in [1.82, 2.24) is 5.43 Å². The third kappa shape index (κ3) is 6.03. The van der Waals surface area contributed by atoms with Gasteiger partial charge in [0, 0.05) is 33.7 Å².